The van der Waals surface area contributed by atoms with Crippen LogP contribution >= 0.6 is 0 Å². The first kappa shape index (κ1) is 30.6. The smallest absolute Gasteiger partial charge is 0.164 e. The second-order valence-electron chi connectivity index (χ2n) is 13.2. The molecule has 248 valence electrons. The molecule has 0 saturated carbocycles. The normalized spacial score (nSPS) is 11.4. The molecule has 0 spiro atoms. The molecule has 4 heteroatoms. The average Bonchev–Trinajstić information content (AvgIpc) is 3.59. The minimum atomic E-state index is 0.634. The molecule has 0 unspecified atom stereocenters. The van der Waals surface area contributed by atoms with Gasteiger partial charge in [-0.15, -0.1) is 0 Å². The molecule has 0 amide bonds. The summed E-state index contributed by atoms with van der Waals surface area (Å²) in [5.74, 6) is 1.93. The molecule has 2 aromatic heterocycles. The number of hydrogen-bond donors (Lipinski definition) is 0. The number of aromatic nitrogens is 4. The maximum Gasteiger partial charge on any atom is 0.164 e. The Kier molecular flexibility index (Phi) is 7.43. The molecule has 53 heavy (non-hydrogen) atoms. The van der Waals surface area contributed by atoms with Gasteiger partial charge in [-0.1, -0.05) is 170 Å². The summed E-state index contributed by atoms with van der Waals surface area (Å²) in [6.45, 7) is 0. The Labute approximate surface area is 307 Å². The van der Waals surface area contributed by atoms with Gasteiger partial charge in [-0.2, -0.15) is 0 Å². The molecule has 2 heterocycles. The standard InChI is InChI=1S/C49H32N4/c1-4-16-34(17-5-1)40-27-14-30-43-45(40)46-41(28-15-31-44(46)53(43)42-29-13-23-33-18-10-11-26-39(33)42)37-24-12-25-38(32-37)49-51-47(35-19-6-2-7-20-35)50-48(52-49)36-21-8-3-9-22-36/h1-32H. The minimum absolute atomic E-state index is 0.634. The monoisotopic (exact) mass is 676 g/mol. The predicted molar refractivity (Wildman–Crippen MR) is 219 cm³/mol. The largest absolute Gasteiger partial charge is 0.309 e. The highest BCUT2D eigenvalue weighted by molar-refractivity contribution is 6.21. The van der Waals surface area contributed by atoms with Crippen molar-refractivity contribution in [1.29, 1.82) is 0 Å². The lowest BCUT2D eigenvalue weighted by molar-refractivity contribution is 1.07. The number of fused-ring (bicyclic) bond motifs is 4. The third-order valence-electron chi connectivity index (χ3n) is 10.0. The van der Waals surface area contributed by atoms with Crippen LogP contribution in [0.25, 0.3) is 94.7 Å². The van der Waals surface area contributed by atoms with Crippen molar-refractivity contribution in [2.45, 2.75) is 0 Å². The molecule has 0 aliphatic carbocycles. The number of benzene rings is 8. The fraction of sp³-hybridized carbons (Fsp3) is 0. The Morgan fingerprint density at radius 2 is 0.755 bits per heavy atom. The quantitative estimate of drug-likeness (QED) is 0.176. The molecule has 0 aliphatic rings. The summed E-state index contributed by atoms with van der Waals surface area (Å²) in [4.78, 5) is 15.0. The Morgan fingerprint density at radius 1 is 0.321 bits per heavy atom. The van der Waals surface area contributed by atoms with E-state index < -0.39 is 0 Å². The third kappa shape index (κ3) is 5.36. The Hall–Kier alpha value is -7.17. The molecule has 10 rings (SSSR count). The van der Waals surface area contributed by atoms with Gasteiger partial charge >= 0.3 is 0 Å². The van der Waals surface area contributed by atoms with Crippen LogP contribution in [0, 0.1) is 0 Å². The van der Waals surface area contributed by atoms with E-state index in [-0.39, 0.29) is 0 Å². The Bertz CT molecular complexity index is 2870. The van der Waals surface area contributed by atoms with E-state index >= 15 is 0 Å². The van der Waals surface area contributed by atoms with Crippen molar-refractivity contribution in [2.24, 2.45) is 0 Å². The Balaban J connectivity index is 1.23. The second kappa shape index (κ2) is 12.9. The summed E-state index contributed by atoms with van der Waals surface area (Å²) in [6.07, 6.45) is 0. The van der Waals surface area contributed by atoms with Crippen molar-refractivity contribution >= 4 is 32.6 Å². The summed E-state index contributed by atoms with van der Waals surface area (Å²) >= 11 is 0. The van der Waals surface area contributed by atoms with Gasteiger partial charge in [0.05, 0.1) is 16.7 Å². The van der Waals surface area contributed by atoms with Crippen molar-refractivity contribution in [3.63, 3.8) is 0 Å². The summed E-state index contributed by atoms with van der Waals surface area (Å²) in [5, 5.41) is 4.85. The van der Waals surface area contributed by atoms with Crippen LogP contribution in [0.5, 0.6) is 0 Å². The molecule has 0 aliphatic heterocycles. The lowest BCUT2D eigenvalue weighted by Gasteiger charge is -2.12. The first-order chi connectivity index (χ1) is 26.3. The molecule has 8 aromatic carbocycles. The van der Waals surface area contributed by atoms with E-state index in [1.807, 2.05) is 60.7 Å². The van der Waals surface area contributed by atoms with Crippen LogP contribution in [0.15, 0.2) is 194 Å². The maximum absolute atomic E-state index is 5.05. The second-order valence-corrected chi connectivity index (χ2v) is 13.2. The van der Waals surface area contributed by atoms with Crippen molar-refractivity contribution in [1.82, 2.24) is 19.5 Å². The Morgan fingerprint density at radius 3 is 1.38 bits per heavy atom. The van der Waals surface area contributed by atoms with Crippen LogP contribution in [0.2, 0.25) is 0 Å². The summed E-state index contributed by atoms with van der Waals surface area (Å²) in [5.41, 5.74) is 10.9. The minimum Gasteiger partial charge on any atom is -0.309 e. The highest BCUT2D eigenvalue weighted by Gasteiger charge is 2.21. The lowest BCUT2D eigenvalue weighted by Crippen LogP contribution is -2.00. The van der Waals surface area contributed by atoms with Crippen LogP contribution in [-0.4, -0.2) is 19.5 Å². The fourth-order valence-electron chi connectivity index (χ4n) is 7.63. The van der Waals surface area contributed by atoms with Gasteiger partial charge in [0.15, 0.2) is 17.5 Å². The summed E-state index contributed by atoms with van der Waals surface area (Å²) < 4.78 is 2.44. The number of hydrogen-bond acceptors (Lipinski definition) is 3. The molecule has 0 radical (unpaired) electrons. The average molecular weight is 677 g/mol. The molecule has 10 aromatic rings. The van der Waals surface area contributed by atoms with Gasteiger partial charge in [0.2, 0.25) is 0 Å². The fourth-order valence-corrected chi connectivity index (χ4v) is 7.63. The molecule has 0 atom stereocenters. The van der Waals surface area contributed by atoms with E-state index in [4.69, 9.17) is 15.0 Å². The van der Waals surface area contributed by atoms with Gasteiger partial charge in [-0.3, -0.25) is 0 Å². The van der Waals surface area contributed by atoms with E-state index in [1.54, 1.807) is 0 Å². The van der Waals surface area contributed by atoms with Crippen LogP contribution < -0.4 is 0 Å². The highest BCUT2D eigenvalue weighted by Crippen LogP contribution is 2.44. The van der Waals surface area contributed by atoms with E-state index in [1.165, 1.54) is 38.2 Å². The zero-order chi connectivity index (χ0) is 35.1. The molecule has 0 saturated heterocycles. The van der Waals surface area contributed by atoms with Crippen LogP contribution in [0.4, 0.5) is 0 Å². The van der Waals surface area contributed by atoms with Crippen molar-refractivity contribution in [3.8, 4) is 62.1 Å². The van der Waals surface area contributed by atoms with Crippen LogP contribution in [-0.2, 0) is 0 Å². The van der Waals surface area contributed by atoms with Gasteiger partial charge in [-0.05, 0) is 51.9 Å². The van der Waals surface area contributed by atoms with Gasteiger partial charge in [-0.25, -0.2) is 15.0 Å². The molecule has 0 fully saturated rings. The summed E-state index contributed by atoms with van der Waals surface area (Å²) in [6, 6.07) is 68.2. The maximum atomic E-state index is 5.05. The number of nitrogens with zero attached hydrogens (tertiary/aromatic N) is 4. The number of rotatable bonds is 6. The predicted octanol–water partition coefficient (Wildman–Crippen LogP) is 12.5. The first-order valence-electron chi connectivity index (χ1n) is 17.9. The first-order valence-corrected chi connectivity index (χ1v) is 17.9. The van der Waals surface area contributed by atoms with E-state index in [2.05, 4.69) is 138 Å². The highest BCUT2D eigenvalue weighted by atomic mass is 15.0. The van der Waals surface area contributed by atoms with E-state index in [9.17, 15) is 0 Å². The van der Waals surface area contributed by atoms with Crippen LogP contribution in [0.1, 0.15) is 0 Å². The van der Waals surface area contributed by atoms with Crippen molar-refractivity contribution in [2.75, 3.05) is 0 Å². The van der Waals surface area contributed by atoms with Gasteiger partial charge in [0, 0.05) is 32.8 Å². The van der Waals surface area contributed by atoms with Gasteiger partial charge in [0.25, 0.3) is 0 Å². The molecule has 0 bridgehead atoms. The zero-order valence-electron chi connectivity index (χ0n) is 28.8. The van der Waals surface area contributed by atoms with Crippen LogP contribution in [0.3, 0.4) is 0 Å². The van der Waals surface area contributed by atoms with E-state index in [0.717, 1.165) is 39.0 Å². The van der Waals surface area contributed by atoms with E-state index in [0.29, 0.717) is 17.5 Å². The van der Waals surface area contributed by atoms with Gasteiger partial charge < -0.3 is 4.57 Å². The summed E-state index contributed by atoms with van der Waals surface area (Å²) in [7, 11) is 0. The zero-order valence-corrected chi connectivity index (χ0v) is 28.8. The molecule has 4 nitrogen and oxygen atoms in total. The SMILES string of the molecule is c1ccc(-c2nc(-c3ccccc3)nc(-c3cccc(-c4cccc5c4c4c(-c6ccccc6)cccc4n5-c4cccc5ccccc45)c3)n2)cc1. The van der Waals surface area contributed by atoms with Crippen molar-refractivity contribution < 1.29 is 0 Å². The topological polar surface area (TPSA) is 43.6 Å². The molecular formula is C49H32N4. The third-order valence-corrected chi connectivity index (χ3v) is 10.0. The molecular weight excluding hydrogens is 645 g/mol. The lowest BCUT2D eigenvalue weighted by atomic mass is 9.94. The van der Waals surface area contributed by atoms with Crippen molar-refractivity contribution in [3.05, 3.63) is 194 Å². The van der Waals surface area contributed by atoms with Gasteiger partial charge in [0.1, 0.15) is 0 Å². The molecule has 0 N–H and O–H groups in total.